The van der Waals surface area contributed by atoms with Crippen LogP contribution in [0.25, 0.3) is 0 Å². The van der Waals surface area contributed by atoms with Gasteiger partial charge in [0.05, 0.1) is 12.3 Å². The molecule has 1 rings (SSSR count). The zero-order chi connectivity index (χ0) is 15.0. The SMILES string of the molecule is CCc1nnc(NCCOCC(N)=O)c(C#N)c1CC. The molecular weight excluding hydrogens is 258 g/mol. The van der Waals surface area contributed by atoms with E-state index in [1.54, 1.807) is 0 Å². The third kappa shape index (κ3) is 4.17. The number of nitriles is 1. The van der Waals surface area contributed by atoms with Crippen LogP contribution in [0.5, 0.6) is 0 Å². The van der Waals surface area contributed by atoms with Crippen molar-refractivity contribution in [3.63, 3.8) is 0 Å². The molecule has 1 amide bonds. The van der Waals surface area contributed by atoms with E-state index in [2.05, 4.69) is 21.6 Å². The Balaban J connectivity index is 2.71. The van der Waals surface area contributed by atoms with Gasteiger partial charge in [-0.2, -0.15) is 10.4 Å². The Labute approximate surface area is 118 Å². The fourth-order valence-corrected chi connectivity index (χ4v) is 1.83. The summed E-state index contributed by atoms with van der Waals surface area (Å²) in [5, 5.41) is 20.4. The van der Waals surface area contributed by atoms with Gasteiger partial charge in [-0.25, -0.2) is 0 Å². The second-order valence-corrected chi connectivity index (χ2v) is 4.11. The van der Waals surface area contributed by atoms with Crippen LogP contribution in [-0.2, 0) is 22.4 Å². The van der Waals surface area contributed by atoms with E-state index in [9.17, 15) is 10.1 Å². The first-order valence-corrected chi connectivity index (χ1v) is 6.52. The van der Waals surface area contributed by atoms with Crippen LogP contribution in [0.4, 0.5) is 5.82 Å². The van der Waals surface area contributed by atoms with Crippen LogP contribution < -0.4 is 11.1 Å². The summed E-state index contributed by atoms with van der Waals surface area (Å²) in [6, 6.07) is 2.17. The summed E-state index contributed by atoms with van der Waals surface area (Å²) in [7, 11) is 0. The number of aromatic nitrogens is 2. The van der Waals surface area contributed by atoms with Crippen LogP contribution in [0.2, 0.25) is 0 Å². The zero-order valence-electron chi connectivity index (χ0n) is 11.8. The highest BCUT2D eigenvalue weighted by atomic mass is 16.5. The third-order valence-electron chi connectivity index (χ3n) is 2.74. The second-order valence-electron chi connectivity index (χ2n) is 4.11. The first-order chi connectivity index (χ1) is 9.63. The van der Waals surface area contributed by atoms with Crippen molar-refractivity contribution in [3.05, 3.63) is 16.8 Å². The molecule has 0 atom stereocenters. The van der Waals surface area contributed by atoms with Crippen molar-refractivity contribution in [3.8, 4) is 6.07 Å². The van der Waals surface area contributed by atoms with E-state index in [-0.39, 0.29) is 6.61 Å². The lowest BCUT2D eigenvalue weighted by Gasteiger charge is -2.11. The van der Waals surface area contributed by atoms with Gasteiger partial charge in [-0.1, -0.05) is 13.8 Å². The highest BCUT2D eigenvalue weighted by Crippen LogP contribution is 2.19. The molecule has 0 aliphatic rings. The summed E-state index contributed by atoms with van der Waals surface area (Å²) < 4.78 is 5.02. The van der Waals surface area contributed by atoms with Crippen molar-refractivity contribution in [2.45, 2.75) is 26.7 Å². The summed E-state index contributed by atoms with van der Waals surface area (Å²) in [6.45, 7) is 4.57. The van der Waals surface area contributed by atoms with Crippen LogP contribution >= 0.6 is 0 Å². The van der Waals surface area contributed by atoms with Crippen molar-refractivity contribution < 1.29 is 9.53 Å². The normalized spacial score (nSPS) is 10.1. The second kappa shape index (κ2) is 8.07. The Morgan fingerprint density at radius 1 is 1.40 bits per heavy atom. The maximum atomic E-state index is 10.5. The largest absolute Gasteiger partial charge is 0.370 e. The molecule has 7 heteroatoms. The van der Waals surface area contributed by atoms with Crippen LogP contribution in [0.15, 0.2) is 0 Å². The first kappa shape index (κ1) is 15.9. The number of carbonyl (C=O) groups excluding carboxylic acids is 1. The number of amides is 1. The van der Waals surface area contributed by atoms with E-state index in [1.807, 2.05) is 13.8 Å². The lowest BCUT2D eigenvalue weighted by Crippen LogP contribution is -2.21. The van der Waals surface area contributed by atoms with Gasteiger partial charge in [0.1, 0.15) is 18.2 Å². The van der Waals surface area contributed by atoms with Crippen molar-refractivity contribution in [2.75, 3.05) is 25.1 Å². The van der Waals surface area contributed by atoms with Crippen LogP contribution in [-0.4, -0.2) is 35.9 Å². The third-order valence-corrected chi connectivity index (χ3v) is 2.74. The number of primary amides is 1. The number of carbonyl (C=O) groups is 1. The summed E-state index contributed by atoms with van der Waals surface area (Å²) in [4.78, 5) is 10.5. The molecule has 1 heterocycles. The van der Waals surface area contributed by atoms with Gasteiger partial charge in [-0.15, -0.1) is 5.10 Å². The topological polar surface area (TPSA) is 114 Å². The van der Waals surface area contributed by atoms with E-state index < -0.39 is 5.91 Å². The minimum Gasteiger partial charge on any atom is -0.370 e. The van der Waals surface area contributed by atoms with Gasteiger partial charge in [-0.3, -0.25) is 4.79 Å². The van der Waals surface area contributed by atoms with Crippen LogP contribution in [0.1, 0.15) is 30.7 Å². The van der Waals surface area contributed by atoms with Crippen molar-refractivity contribution in [1.29, 1.82) is 5.26 Å². The summed E-state index contributed by atoms with van der Waals surface area (Å²) in [5.74, 6) is -0.0627. The molecule has 0 aliphatic carbocycles. The molecule has 0 saturated heterocycles. The highest BCUT2D eigenvalue weighted by Gasteiger charge is 2.13. The molecule has 0 unspecified atom stereocenters. The lowest BCUT2D eigenvalue weighted by molar-refractivity contribution is -0.122. The molecule has 1 aromatic heterocycles. The number of hydrogen-bond acceptors (Lipinski definition) is 6. The zero-order valence-corrected chi connectivity index (χ0v) is 11.8. The van der Waals surface area contributed by atoms with Crippen LogP contribution in [0.3, 0.4) is 0 Å². The number of nitrogens with two attached hydrogens (primary N) is 1. The van der Waals surface area contributed by atoms with Gasteiger partial charge in [0, 0.05) is 6.54 Å². The van der Waals surface area contributed by atoms with Crippen molar-refractivity contribution in [1.82, 2.24) is 10.2 Å². The minimum atomic E-state index is -0.511. The summed E-state index contributed by atoms with van der Waals surface area (Å²) in [6.07, 6.45) is 1.47. The molecule has 0 spiro atoms. The first-order valence-electron chi connectivity index (χ1n) is 6.52. The Morgan fingerprint density at radius 2 is 2.15 bits per heavy atom. The summed E-state index contributed by atoms with van der Waals surface area (Å²) >= 11 is 0. The lowest BCUT2D eigenvalue weighted by atomic mass is 10.0. The van der Waals surface area contributed by atoms with Crippen molar-refractivity contribution in [2.24, 2.45) is 5.73 Å². The molecule has 0 aliphatic heterocycles. The van der Waals surface area contributed by atoms with Gasteiger partial charge in [0.2, 0.25) is 5.91 Å². The minimum absolute atomic E-state index is 0.118. The maximum Gasteiger partial charge on any atom is 0.243 e. The van der Waals surface area contributed by atoms with E-state index in [1.165, 1.54) is 0 Å². The van der Waals surface area contributed by atoms with E-state index >= 15 is 0 Å². The Hall–Kier alpha value is -2.20. The highest BCUT2D eigenvalue weighted by molar-refractivity contribution is 5.74. The molecule has 0 fully saturated rings. The number of nitrogens with zero attached hydrogens (tertiary/aromatic N) is 3. The van der Waals surface area contributed by atoms with Crippen LogP contribution in [0, 0.1) is 11.3 Å². The van der Waals surface area contributed by atoms with E-state index in [0.29, 0.717) is 24.5 Å². The molecule has 0 aromatic carbocycles. The quantitative estimate of drug-likeness (QED) is 0.664. The van der Waals surface area contributed by atoms with Gasteiger partial charge < -0.3 is 15.8 Å². The molecule has 20 heavy (non-hydrogen) atoms. The number of ether oxygens (including phenoxy) is 1. The Bertz CT molecular complexity index is 510. The maximum absolute atomic E-state index is 10.5. The molecular formula is C13H19N5O2. The van der Waals surface area contributed by atoms with Gasteiger partial charge in [0.25, 0.3) is 0 Å². The fraction of sp³-hybridized carbons (Fsp3) is 0.538. The van der Waals surface area contributed by atoms with E-state index in [0.717, 1.165) is 24.1 Å². The monoisotopic (exact) mass is 277 g/mol. The summed E-state index contributed by atoms with van der Waals surface area (Å²) in [5.41, 5.74) is 7.24. The van der Waals surface area contributed by atoms with Gasteiger partial charge in [-0.05, 0) is 18.4 Å². The average Bonchev–Trinajstić information content (AvgIpc) is 2.45. The number of nitrogens with one attached hydrogen (secondary N) is 1. The predicted molar refractivity (Wildman–Crippen MR) is 74.0 cm³/mol. The molecule has 0 saturated carbocycles. The van der Waals surface area contributed by atoms with E-state index in [4.69, 9.17) is 10.5 Å². The van der Waals surface area contributed by atoms with Gasteiger partial charge >= 0.3 is 0 Å². The number of aryl methyl sites for hydroxylation is 1. The molecule has 108 valence electrons. The fourth-order valence-electron chi connectivity index (χ4n) is 1.83. The Morgan fingerprint density at radius 3 is 2.70 bits per heavy atom. The Kier molecular flexibility index (Phi) is 6.40. The average molecular weight is 277 g/mol. The molecule has 7 nitrogen and oxygen atoms in total. The molecule has 0 bridgehead atoms. The number of rotatable bonds is 8. The number of hydrogen-bond donors (Lipinski definition) is 2. The van der Waals surface area contributed by atoms with Crippen molar-refractivity contribution >= 4 is 11.7 Å². The smallest absolute Gasteiger partial charge is 0.243 e. The standard InChI is InChI=1S/C13H19N5O2/c1-3-9-10(7-14)13(18-17-11(9)4-2)16-5-6-20-8-12(15)19/h3-6,8H2,1-2H3,(H2,15,19)(H,16,18). The number of anilines is 1. The van der Waals surface area contributed by atoms with Gasteiger partial charge in [0.15, 0.2) is 5.82 Å². The predicted octanol–water partition coefficient (Wildman–Crippen LogP) is 0.387. The molecule has 1 aromatic rings. The molecule has 0 radical (unpaired) electrons. The molecule has 3 N–H and O–H groups in total.